The van der Waals surface area contributed by atoms with Gasteiger partial charge in [0.25, 0.3) is 0 Å². The highest BCUT2D eigenvalue weighted by molar-refractivity contribution is 5.19. The van der Waals surface area contributed by atoms with Crippen LogP contribution in [0.4, 0.5) is 0 Å². The molecular formula is C17H25N3. The SMILES string of the molecule is CN1CCC(CCNC(CC#N)c2ccccc2)CC1. The standard InChI is InChI=1S/C17H25N3/c1-20-13-9-15(10-14-20)8-12-19-17(7-11-18)16-5-3-2-4-6-16/h2-6,15,17,19H,7-10,12-14H2,1H3. The predicted molar refractivity (Wildman–Crippen MR) is 82.3 cm³/mol. The number of nitrogens with zero attached hydrogens (tertiary/aromatic N) is 2. The molecule has 1 N–H and O–H groups in total. The molecule has 3 heteroatoms. The third-order valence-corrected chi connectivity index (χ3v) is 4.28. The van der Waals surface area contributed by atoms with E-state index in [4.69, 9.17) is 5.26 Å². The number of rotatable bonds is 6. The summed E-state index contributed by atoms with van der Waals surface area (Å²) in [6, 6.07) is 12.8. The first-order chi connectivity index (χ1) is 9.79. The van der Waals surface area contributed by atoms with E-state index in [0.29, 0.717) is 6.42 Å². The molecule has 0 bridgehead atoms. The Balaban J connectivity index is 1.77. The summed E-state index contributed by atoms with van der Waals surface area (Å²) in [5.74, 6) is 0.845. The zero-order valence-corrected chi connectivity index (χ0v) is 12.4. The van der Waals surface area contributed by atoms with Crippen molar-refractivity contribution in [2.45, 2.75) is 31.7 Å². The summed E-state index contributed by atoms with van der Waals surface area (Å²) in [7, 11) is 2.20. The lowest BCUT2D eigenvalue weighted by Crippen LogP contribution is -2.32. The van der Waals surface area contributed by atoms with Crippen LogP contribution < -0.4 is 5.32 Å². The van der Waals surface area contributed by atoms with E-state index < -0.39 is 0 Å². The molecule has 0 saturated carbocycles. The van der Waals surface area contributed by atoms with Crippen LogP contribution in [0.2, 0.25) is 0 Å². The normalized spacial score (nSPS) is 18.6. The highest BCUT2D eigenvalue weighted by Gasteiger charge is 2.17. The summed E-state index contributed by atoms with van der Waals surface area (Å²) in [4.78, 5) is 2.41. The molecule has 1 atom stereocenters. The predicted octanol–water partition coefficient (Wildman–Crippen LogP) is 2.96. The number of piperidine rings is 1. The van der Waals surface area contributed by atoms with Crippen molar-refractivity contribution < 1.29 is 0 Å². The second-order valence-corrected chi connectivity index (χ2v) is 5.81. The fraction of sp³-hybridized carbons (Fsp3) is 0.588. The molecule has 0 aromatic heterocycles. The van der Waals surface area contributed by atoms with E-state index in [-0.39, 0.29) is 6.04 Å². The van der Waals surface area contributed by atoms with E-state index in [1.165, 1.54) is 37.9 Å². The van der Waals surface area contributed by atoms with Gasteiger partial charge in [-0.2, -0.15) is 5.26 Å². The Hall–Kier alpha value is -1.37. The number of nitriles is 1. The molecule has 0 spiro atoms. The van der Waals surface area contributed by atoms with Gasteiger partial charge >= 0.3 is 0 Å². The van der Waals surface area contributed by atoms with Crippen LogP contribution in [0.15, 0.2) is 30.3 Å². The summed E-state index contributed by atoms with van der Waals surface area (Å²) in [5.41, 5.74) is 1.22. The maximum Gasteiger partial charge on any atom is 0.0641 e. The lowest BCUT2D eigenvalue weighted by Gasteiger charge is -2.29. The van der Waals surface area contributed by atoms with Gasteiger partial charge in [-0.1, -0.05) is 30.3 Å². The summed E-state index contributed by atoms with van der Waals surface area (Å²) < 4.78 is 0. The Labute approximate surface area is 122 Å². The van der Waals surface area contributed by atoms with E-state index in [2.05, 4.69) is 35.5 Å². The van der Waals surface area contributed by atoms with E-state index in [1.54, 1.807) is 0 Å². The summed E-state index contributed by atoms with van der Waals surface area (Å²) in [5, 5.41) is 12.5. The molecule has 1 aliphatic heterocycles. The Morgan fingerprint density at radius 2 is 2.00 bits per heavy atom. The van der Waals surface area contributed by atoms with Crippen LogP contribution in [0.5, 0.6) is 0 Å². The van der Waals surface area contributed by atoms with Gasteiger partial charge in [0.1, 0.15) is 0 Å². The van der Waals surface area contributed by atoms with Crippen molar-refractivity contribution in [3.63, 3.8) is 0 Å². The van der Waals surface area contributed by atoms with E-state index in [9.17, 15) is 0 Å². The summed E-state index contributed by atoms with van der Waals surface area (Å²) >= 11 is 0. The monoisotopic (exact) mass is 271 g/mol. The van der Waals surface area contributed by atoms with Crippen LogP contribution in [0, 0.1) is 17.2 Å². The second kappa shape index (κ2) is 8.04. The summed E-state index contributed by atoms with van der Waals surface area (Å²) in [6.07, 6.45) is 4.39. The molecule has 108 valence electrons. The van der Waals surface area contributed by atoms with Gasteiger partial charge in [-0.15, -0.1) is 0 Å². The zero-order valence-electron chi connectivity index (χ0n) is 12.4. The Bertz CT molecular complexity index is 416. The van der Waals surface area contributed by atoms with Gasteiger partial charge in [-0.05, 0) is 57.4 Å². The van der Waals surface area contributed by atoms with Gasteiger partial charge in [0.15, 0.2) is 0 Å². The van der Waals surface area contributed by atoms with Crippen LogP contribution >= 0.6 is 0 Å². The van der Waals surface area contributed by atoms with Gasteiger partial charge in [0, 0.05) is 6.04 Å². The van der Waals surface area contributed by atoms with Gasteiger partial charge < -0.3 is 10.2 Å². The lowest BCUT2D eigenvalue weighted by atomic mass is 9.93. The Morgan fingerprint density at radius 1 is 1.30 bits per heavy atom. The fourth-order valence-corrected chi connectivity index (χ4v) is 2.90. The van der Waals surface area contributed by atoms with Gasteiger partial charge in [-0.25, -0.2) is 0 Å². The fourth-order valence-electron chi connectivity index (χ4n) is 2.90. The molecule has 1 aromatic rings. The molecule has 1 heterocycles. The zero-order chi connectivity index (χ0) is 14.2. The van der Waals surface area contributed by atoms with Crippen LogP contribution in [0.1, 0.15) is 37.3 Å². The van der Waals surface area contributed by atoms with Crippen molar-refractivity contribution in [3.05, 3.63) is 35.9 Å². The van der Waals surface area contributed by atoms with Crippen molar-refractivity contribution in [3.8, 4) is 6.07 Å². The minimum Gasteiger partial charge on any atom is -0.309 e. The average molecular weight is 271 g/mol. The summed E-state index contributed by atoms with van der Waals surface area (Å²) in [6.45, 7) is 3.46. The van der Waals surface area contributed by atoms with Gasteiger partial charge in [0.2, 0.25) is 0 Å². The molecule has 1 unspecified atom stereocenters. The third-order valence-electron chi connectivity index (χ3n) is 4.28. The first-order valence-corrected chi connectivity index (χ1v) is 7.63. The molecule has 0 aliphatic carbocycles. The largest absolute Gasteiger partial charge is 0.309 e. The topological polar surface area (TPSA) is 39.1 Å². The van der Waals surface area contributed by atoms with Gasteiger partial charge in [0.05, 0.1) is 12.5 Å². The molecule has 1 fully saturated rings. The van der Waals surface area contributed by atoms with Crippen molar-refractivity contribution in [2.24, 2.45) is 5.92 Å². The maximum atomic E-state index is 8.98. The van der Waals surface area contributed by atoms with Gasteiger partial charge in [-0.3, -0.25) is 0 Å². The molecule has 3 nitrogen and oxygen atoms in total. The first kappa shape index (κ1) is 15.0. The molecule has 0 amide bonds. The number of likely N-dealkylation sites (tertiary alicyclic amines) is 1. The van der Waals surface area contributed by atoms with Crippen molar-refractivity contribution in [2.75, 3.05) is 26.7 Å². The van der Waals surface area contributed by atoms with Crippen molar-refractivity contribution in [1.29, 1.82) is 5.26 Å². The Morgan fingerprint density at radius 3 is 2.65 bits per heavy atom. The number of hydrogen-bond acceptors (Lipinski definition) is 3. The molecule has 1 saturated heterocycles. The molecule has 20 heavy (non-hydrogen) atoms. The van der Waals surface area contributed by atoms with Crippen molar-refractivity contribution in [1.82, 2.24) is 10.2 Å². The lowest BCUT2D eigenvalue weighted by molar-refractivity contribution is 0.210. The van der Waals surface area contributed by atoms with E-state index in [1.807, 2.05) is 18.2 Å². The second-order valence-electron chi connectivity index (χ2n) is 5.81. The third kappa shape index (κ3) is 4.63. The Kier molecular flexibility index (Phi) is 6.04. The minimum absolute atomic E-state index is 0.174. The van der Waals surface area contributed by atoms with Crippen LogP contribution in [0.3, 0.4) is 0 Å². The molecule has 1 aliphatic rings. The van der Waals surface area contributed by atoms with Crippen LogP contribution in [0.25, 0.3) is 0 Å². The van der Waals surface area contributed by atoms with Crippen LogP contribution in [-0.4, -0.2) is 31.6 Å². The van der Waals surface area contributed by atoms with E-state index in [0.717, 1.165) is 12.5 Å². The molecule has 2 rings (SSSR count). The highest BCUT2D eigenvalue weighted by atomic mass is 15.1. The van der Waals surface area contributed by atoms with E-state index >= 15 is 0 Å². The number of hydrogen-bond donors (Lipinski definition) is 1. The minimum atomic E-state index is 0.174. The maximum absolute atomic E-state index is 8.98. The average Bonchev–Trinajstić information content (AvgIpc) is 2.49. The van der Waals surface area contributed by atoms with Crippen molar-refractivity contribution >= 4 is 0 Å². The first-order valence-electron chi connectivity index (χ1n) is 7.63. The number of nitrogens with one attached hydrogen (secondary N) is 1. The molecule has 1 aromatic carbocycles. The smallest absolute Gasteiger partial charge is 0.0641 e. The van der Waals surface area contributed by atoms with Crippen LogP contribution in [-0.2, 0) is 0 Å². The highest BCUT2D eigenvalue weighted by Crippen LogP contribution is 2.20. The molecular weight excluding hydrogens is 246 g/mol. The number of benzene rings is 1. The quantitative estimate of drug-likeness (QED) is 0.864. The molecule has 0 radical (unpaired) electrons.